The molecule has 312 valence electrons. The zero-order valence-electron chi connectivity index (χ0n) is 33.4. The number of nitrogens with zero attached hydrogens (tertiary/aromatic N) is 2. The molecule has 2 aromatic carbocycles. The van der Waals surface area contributed by atoms with E-state index in [4.69, 9.17) is 22.1 Å². The molecule has 2 saturated carbocycles. The minimum Gasteiger partial charge on any atom is -0.496 e. The van der Waals surface area contributed by atoms with Gasteiger partial charge in [0.1, 0.15) is 16.8 Å². The van der Waals surface area contributed by atoms with Gasteiger partial charge in [0.15, 0.2) is 0 Å². The van der Waals surface area contributed by atoms with E-state index < -0.39 is 22.0 Å². The van der Waals surface area contributed by atoms with Gasteiger partial charge in [0.2, 0.25) is 27.7 Å². The van der Waals surface area contributed by atoms with Crippen molar-refractivity contribution in [2.24, 2.45) is 17.6 Å². The third-order valence-electron chi connectivity index (χ3n) is 10.2. The minimum absolute atomic E-state index is 0.101. The first-order valence-corrected chi connectivity index (χ1v) is 22.5. The number of halogens is 1. The van der Waals surface area contributed by atoms with Gasteiger partial charge in [0, 0.05) is 39.6 Å². The van der Waals surface area contributed by atoms with Crippen molar-refractivity contribution >= 4 is 67.1 Å². The number of amides is 3. The van der Waals surface area contributed by atoms with Crippen LogP contribution in [-0.2, 0) is 24.4 Å². The highest BCUT2D eigenvalue weighted by Crippen LogP contribution is 2.40. The number of pyridine rings is 1. The lowest BCUT2D eigenvalue weighted by molar-refractivity contribution is -0.135. The van der Waals surface area contributed by atoms with Crippen LogP contribution in [0.1, 0.15) is 76.0 Å². The Morgan fingerprint density at radius 1 is 1.10 bits per heavy atom. The summed E-state index contributed by atoms with van der Waals surface area (Å²) in [7, 11) is -1.74. The van der Waals surface area contributed by atoms with Gasteiger partial charge in [-0.15, -0.1) is 11.3 Å². The highest BCUT2D eigenvalue weighted by atomic mass is 35.5. The molecule has 1 unspecified atom stereocenters. The number of fused-ring (bicyclic) bond motifs is 1. The Morgan fingerprint density at radius 3 is 2.53 bits per heavy atom. The van der Waals surface area contributed by atoms with E-state index in [9.17, 15) is 27.6 Å². The molecule has 0 radical (unpaired) electrons. The molecular formula is C42H53ClN6O7S2. The molecule has 4 aromatic rings. The van der Waals surface area contributed by atoms with Gasteiger partial charge in [-0.05, 0) is 112 Å². The Balaban J connectivity index is 0.000000166. The molecule has 3 atom stereocenters. The second kappa shape index (κ2) is 20.3. The molecule has 1 saturated heterocycles. The molecule has 16 heteroatoms. The van der Waals surface area contributed by atoms with E-state index in [1.807, 2.05) is 37.4 Å². The topological polar surface area (TPSA) is 194 Å². The summed E-state index contributed by atoms with van der Waals surface area (Å²) >= 11 is 7.38. The van der Waals surface area contributed by atoms with Crippen LogP contribution in [0, 0.1) is 25.7 Å². The number of primary amides is 1. The van der Waals surface area contributed by atoms with Gasteiger partial charge in [0.05, 0.1) is 24.6 Å². The third kappa shape index (κ3) is 12.1. The Labute approximate surface area is 348 Å². The number of aromatic nitrogens is 2. The van der Waals surface area contributed by atoms with Crippen molar-refractivity contribution in [3.05, 3.63) is 86.6 Å². The van der Waals surface area contributed by atoms with Crippen molar-refractivity contribution in [3.63, 3.8) is 0 Å². The summed E-state index contributed by atoms with van der Waals surface area (Å²) in [4.78, 5) is 56.1. The number of carbonyl (C=O) groups excluding carboxylic acids is 3. The predicted molar refractivity (Wildman–Crippen MR) is 231 cm³/mol. The van der Waals surface area contributed by atoms with E-state index in [1.165, 1.54) is 30.6 Å². The maximum Gasteiger partial charge on any atom is 0.256 e. The van der Waals surface area contributed by atoms with E-state index >= 15 is 0 Å². The molecule has 5 N–H and O–H groups in total. The number of allylic oxidation sites excluding steroid dienone is 2. The summed E-state index contributed by atoms with van der Waals surface area (Å²) in [6.45, 7) is 6.78. The van der Waals surface area contributed by atoms with Gasteiger partial charge in [-0.25, -0.2) is 13.4 Å². The van der Waals surface area contributed by atoms with Crippen LogP contribution in [0.25, 0.3) is 21.5 Å². The SMILES string of the molecule is CCCCC/C=C\C1C[C@@H]1C(=O)NS(=O)(=O)C1CC1.COc1ccc2c(=O)[nH]c(-c3nc(C)cs3)cc2c1C.NC(=O)[C@@H]1CCCN1C(=O)CNc1cccc(Cl)c1. The lowest BCUT2D eigenvalue weighted by Gasteiger charge is -2.22. The number of nitrogens with two attached hydrogens (primary N) is 1. The van der Waals surface area contributed by atoms with Crippen LogP contribution in [0.15, 0.2) is 64.8 Å². The summed E-state index contributed by atoms with van der Waals surface area (Å²) in [5, 5.41) is 7.64. The fourth-order valence-corrected chi connectivity index (χ4v) is 9.02. The van der Waals surface area contributed by atoms with Gasteiger partial charge in [-0.3, -0.25) is 23.9 Å². The minimum atomic E-state index is -3.37. The molecule has 1 aliphatic heterocycles. The van der Waals surface area contributed by atoms with Crippen molar-refractivity contribution in [1.82, 2.24) is 19.6 Å². The molecule has 3 fully saturated rings. The number of methoxy groups -OCH3 is 1. The smallest absolute Gasteiger partial charge is 0.256 e. The van der Waals surface area contributed by atoms with Crippen molar-refractivity contribution < 1.29 is 27.5 Å². The number of unbranched alkanes of at least 4 members (excludes halogenated alkanes) is 3. The molecule has 2 aromatic heterocycles. The molecule has 0 spiro atoms. The summed E-state index contributed by atoms with van der Waals surface area (Å²) < 4.78 is 30.8. The Morgan fingerprint density at radius 2 is 1.88 bits per heavy atom. The molecule has 3 aliphatic rings. The zero-order valence-corrected chi connectivity index (χ0v) is 35.8. The predicted octanol–water partition coefficient (Wildman–Crippen LogP) is 6.87. The molecule has 2 aliphatic carbocycles. The van der Waals surface area contributed by atoms with Crippen molar-refractivity contribution in [3.8, 4) is 16.5 Å². The molecule has 58 heavy (non-hydrogen) atoms. The Kier molecular flexibility index (Phi) is 15.5. The molecule has 0 bridgehead atoms. The van der Waals surface area contributed by atoms with Crippen LogP contribution in [0.4, 0.5) is 5.69 Å². The number of benzene rings is 2. The van der Waals surface area contributed by atoms with Gasteiger partial charge < -0.3 is 25.7 Å². The monoisotopic (exact) mass is 852 g/mol. The lowest BCUT2D eigenvalue weighted by Crippen LogP contribution is -2.45. The largest absolute Gasteiger partial charge is 0.496 e. The number of aromatic amines is 1. The molecule has 3 heterocycles. The van der Waals surface area contributed by atoms with E-state index in [2.05, 4.69) is 39.1 Å². The average molecular weight is 854 g/mol. The first-order chi connectivity index (χ1) is 27.7. The number of sulfonamides is 1. The van der Waals surface area contributed by atoms with Crippen LogP contribution in [0.5, 0.6) is 5.75 Å². The van der Waals surface area contributed by atoms with Crippen LogP contribution in [-0.4, -0.2) is 72.5 Å². The van der Waals surface area contributed by atoms with Gasteiger partial charge in [0.25, 0.3) is 5.56 Å². The fraction of sp³-hybridized carbons (Fsp3) is 0.452. The van der Waals surface area contributed by atoms with Gasteiger partial charge in [-0.2, -0.15) is 0 Å². The van der Waals surface area contributed by atoms with Crippen molar-refractivity contribution in [1.29, 1.82) is 0 Å². The number of ether oxygens (including phenoxy) is 1. The number of anilines is 1. The summed E-state index contributed by atoms with van der Waals surface area (Å²) in [6.07, 6.45) is 12.5. The number of likely N-dealkylation sites (tertiary alicyclic amines) is 1. The summed E-state index contributed by atoms with van der Waals surface area (Å²) in [6, 6.07) is 12.2. The van der Waals surface area contributed by atoms with Gasteiger partial charge in [-0.1, -0.05) is 49.6 Å². The molecule has 3 amide bonds. The maximum atomic E-state index is 12.2. The quantitative estimate of drug-likeness (QED) is 0.0774. The summed E-state index contributed by atoms with van der Waals surface area (Å²) in [5.41, 5.74) is 8.62. The standard InChI is InChI=1S/C15H14N2O2S.C14H23NO3S.C13H16ClN3O2/c1-8-7-20-15(16-8)12-6-11-9(2)13(19-3)5-4-10(11)14(18)17-12;1-2-3-4-5-6-7-11-10-13(11)14(16)15-19(17,18)12-8-9-12;14-9-3-1-4-10(7-9)16-8-12(18)17-6-2-5-11(17)13(15)19/h4-7H,1-3H3,(H,17,18);6-7,11-13H,2-5,8-10H2,1H3,(H,15,16);1,3-4,7,11,16H,2,5-6,8H2,(H2,15,19)/b;7-6-;/t;11?,13-;11-/m.00/s1. The van der Waals surface area contributed by atoms with Crippen LogP contribution in [0.2, 0.25) is 5.02 Å². The average Bonchev–Trinajstić information content (AvgIpc) is 4.10. The zero-order chi connectivity index (χ0) is 42.0. The van der Waals surface area contributed by atoms with Crippen molar-refractivity contribution in [2.75, 3.05) is 25.5 Å². The number of nitrogens with one attached hydrogen (secondary N) is 3. The number of thiazole rings is 1. The number of hydrogen-bond donors (Lipinski definition) is 4. The van der Waals surface area contributed by atoms with E-state index in [1.54, 1.807) is 36.3 Å². The van der Waals surface area contributed by atoms with Crippen molar-refractivity contribution in [2.45, 2.75) is 89.9 Å². The number of aryl methyl sites for hydroxylation is 2. The second-order valence-corrected chi connectivity index (χ2v) is 18.1. The highest BCUT2D eigenvalue weighted by Gasteiger charge is 2.45. The lowest BCUT2D eigenvalue weighted by atomic mass is 10.1. The fourth-order valence-electron chi connectivity index (χ4n) is 6.70. The highest BCUT2D eigenvalue weighted by molar-refractivity contribution is 7.90. The Bertz CT molecular complexity index is 2290. The third-order valence-corrected chi connectivity index (χ3v) is 13.3. The molecule has 13 nitrogen and oxygen atoms in total. The molecule has 7 rings (SSSR count). The Hall–Kier alpha value is -4.73. The van der Waals surface area contributed by atoms with Crippen LogP contribution in [0.3, 0.4) is 0 Å². The first kappa shape index (κ1) is 44.4. The van der Waals surface area contributed by atoms with E-state index in [0.29, 0.717) is 36.2 Å². The number of carbonyl (C=O) groups is 3. The van der Waals surface area contributed by atoms with Crippen LogP contribution < -0.4 is 26.1 Å². The second-order valence-electron chi connectivity index (χ2n) is 14.8. The normalized spacial score (nSPS) is 18.5. The summed E-state index contributed by atoms with van der Waals surface area (Å²) in [5.74, 6) is 0.0290. The van der Waals surface area contributed by atoms with E-state index in [-0.39, 0.29) is 41.0 Å². The maximum absolute atomic E-state index is 12.2. The number of hydrogen-bond acceptors (Lipinski definition) is 10. The number of rotatable bonds is 14. The number of H-pyrrole nitrogens is 1. The first-order valence-electron chi connectivity index (χ1n) is 19.7. The molecular weight excluding hydrogens is 800 g/mol. The van der Waals surface area contributed by atoms with E-state index in [0.717, 1.165) is 58.0 Å². The van der Waals surface area contributed by atoms with Crippen LogP contribution >= 0.6 is 22.9 Å². The van der Waals surface area contributed by atoms with Gasteiger partial charge >= 0.3 is 0 Å².